The van der Waals surface area contributed by atoms with Crippen molar-refractivity contribution >= 4 is 22.8 Å². The van der Waals surface area contributed by atoms with E-state index in [1.165, 1.54) is 16.8 Å². The second kappa shape index (κ2) is 5.58. The summed E-state index contributed by atoms with van der Waals surface area (Å²) in [5.74, 6) is -0.398. The molecule has 1 aromatic carbocycles. The van der Waals surface area contributed by atoms with Crippen molar-refractivity contribution in [2.45, 2.75) is 0 Å². The van der Waals surface area contributed by atoms with Crippen LogP contribution in [0.5, 0.6) is 0 Å². The van der Waals surface area contributed by atoms with Crippen LogP contribution in [-0.2, 0) is 0 Å². The van der Waals surface area contributed by atoms with Crippen LogP contribution < -0.4 is 5.73 Å². The molecule has 118 valence electrons. The molecule has 0 amide bonds. The van der Waals surface area contributed by atoms with Crippen LogP contribution in [-0.4, -0.2) is 19.6 Å². The molecule has 0 unspecified atom stereocenters. The van der Waals surface area contributed by atoms with Crippen molar-refractivity contribution in [3.63, 3.8) is 0 Å². The number of anilines is 1. The van der Waals surface area contributed by atoms with Crippen molar-refractivity contribution in [3.05, 3.63) is 66.0 Å². The van der Waals surface area contributed by atoms with E-state index in [0.29, 0.717) is 28.2 Å². The maximum atomic E-state index is 14.5. The molecule has 0 aliphatic rings. The molecule has 0 saturated carbocycles. The summed E-state index contributed by atoms with van der Waals surface area (Å²) in [7, 11) is 0. The third kappa shape index (κ3) is 2.37. The van der Waals surface area contributed by atoms with Crippen LogP contribution in [0, 0.1) is 5.82 Å². The van der Waals surface area contributed by atoms with Crippen LogP contribution >= 0.6 is 11.6 Å². The van der Waals surface area contributed by atoms with Gasteiger partial charge >= 0.3 is 0 Å². The summed E-state index contributed by atoms with van der Waals surface area (Å²) >= 11 is 5.91. The van der Waals surface area contributed by atoms with Gasteiger partial charge in [0.25, 0.3) is 0 Å². The average molecular weight is 340 g/mol. The molecular formula is C17H11ClFN5. The van der Waals surface area contributed by atoms with E-state index in [2.05, 4.69) is 15.1 Å². The molecule has 0 spiro atoms. The summed E-state index contributed by atoms with van der Waals surface area (Å²) in [6.07, 6.45) is 3.21. The van der Waals surface area contributed by atoms with Crippen LogP contribution in [0.15, 0.2) is 54.9 Å². The van der Waals surface area contributed by atoms with E-state index >= 15 is 0 Å². The van der Waals surface area contributed by atoms with Gasteiger partial charge in [0.1, 0.15) is 17.0 Å². The van der Waals surface area contributed by atoms with E-state index in [4.69, 9.17) is 17.3 Å². The molecule has 0 saturated heterocycles. The van der Waals surface area contributed by atoms with Crippen LogP contribution in [0.2, 0.25) is 5.28 Å². The number of hydrogen-bond acceptors (Lipinski definition) is 4. The third-order valence-corrected chi connectivity index (χ3v) is 3.83. The predicted molar refractivity (Wildman–Crippen MR) is 91.0 cm³/mol. The lowest BCUT2D eigenvalue weighted by Crippen LogP contribution is -1.91. The first kappa shape index (κ1) is 14.6. The summed E-state index contributed by atoms with van der Waals surface area (Å²) < 4.78 is 16.0. The predicted octanol–water partition coefficient (Wildman–Crippen LogP) is 3.83. The Bertz CT molecular complexity index is 1060. The van der Waals surface area contributed by atoms with Gasteiger partial charge in [-0.1, -0.05) is 12.1 Å². The van der Waals surface area contributed by atoms with E-state index < -0.39 is 5.82 Å². The number of nitrogen functional groups attached to an aromatic ring is 1. The SMILES string of the molecule is Nc1cccc(-c2nn3cccc(F)c3c2-c2ccnc(Cl)n2)c1. The van der Waals surface area contributed by atoms with Crippen molar-refractivity contribution in [1.82, 2.24) is 19.6 Å². The van der Waals surface area contributed by atoms with Crippen LogP contribution in [0.4, 0.5) is 10.1 Å². The Morgan fingerprint density at radius 2 is 2.00 bits per heavy atom. The van der Waals surface area contributed by atoms with Crippen molar-refractivity contribution in [3.8, 4) is 22.5 Å². The fraction of sp³-hybridized carbons (Fsp3) is 0. The lowest BCUT2D eigenvalue weighted by atomic mass is 10.0. The zero-order valence-electron chi connectivity index (χ0n) is 12.3. The van der Waals surface area contributed by atoms with Crippen LogP contribution in [0.25, 0.3) is 28.0 Å². The Balaban J connectivity index is 2.10. The molecule has 0 fully saturated rings. The van der Waals surface area contributed by atoms with Gasteiger partial charge in [0.15, 0.2) is 0 Å². The number of fused-ring (bicyclic) bond motifs is 1. The van der Waals surface area contributed by atoms with Crippen molar-refractivity contribution in [2.75, 3.05) is 5.73 Å². The Hall–Kier alpha value is -2.99. The highest BCUT2D eigenvalue weighted by Crippen LogP contribution is 2.35. The fourth-order valence-corrected chi connectivity index (χ4v) is 2.81. The molecule has 2 N–H and O–H groups in total. The van der Waals surface area contributed by atoms with Gasteiger partial charge in [0.2, 0.25) is 5.28 Å². The van der Waals surface area contributed by atoms with Crippen LogP contribution in [0.1, 0.15) is 0 Å². The first-order valence-corrected chi connectivity index (χ1v) is 7.53. The maximum absolute atomic E-state index is 14.5. The molecule has 0 radical (unpaired) electrons. The zero-order valence-corrected chi connectivity index (χ0v) is 13.1. The first-order valence-electron chi connectivity index (χ1n) is 7.15. The highest BCUT2D eigenvalue weighted by molar-refractivity contribution is 6.28. The molecule has 7 heteroatoms. The van der Waals surface area contributed by atoms with Crippen molar-refractivity contribution < 1.29 is 4.39 Å². The largest absolute Gasteiger partial charge is 0.399 e. The molecule has 5 nitrogen and oxygen atoms in total. The summed E-state index contributed by atoms with van der Waals surface area (Å²) in [5.41, 5.74) is 9.17. The highest BCUT2D eigenvalue weighted by Gasteiger charge is 2.20. The summed E-state index contributed by atoms with van der Waals surface area (Å²) in [4.78, 5) is 8.10. The molecule has 24 heavy (non-hydrogen) atoms. The fourth-order valence-electron chi connectivity index (χ4n) is 2.66. The van der Waals surface area contributed by atoms with E-state index in [1.807, 2.05) is 12.1 Å². The molecule has 0 aliphatic heterocycles. The number of nitrogens with two attached hydrogens (primary N) is 1. The summed E-state index contributed by atoms with van der Waals surface area (Å²) in [5, 5.41) is 4.59. The number of halogens is 2. The minimum absolute atomic E-state index is 0.0849. The number of benzene rings is 1. The standard InChI is InChI=1S/C17H11ClFN5/c18-17-21-7-6-13(22-17)14-15(10-3-1-4-11(20)9-10)23-24-8-2-5-12(19)16(14)24/h1-9H,20H2. The molecular weight excluding hydrogens is 329 g/mol. The number of pyridine rings is 1. The Labute approximate surface area is 141 Å². The first-order chi connectivity index (χ1) is 11.6. The van der Waals surface area contributed by atoms with E-state index in [9.17, 15) is 4.39 Å². The van der Waals surface area contributed by atoms with Gasteiger partial charge in [-0.05, 0) is 41.9 Å². The molecule has 3 heterocycles. The Morgan fingerprint density at radius 3 is 2.79 bits per heavy atom. The van der Waals surface area contributed by atoms with E-state index in [1.54, 1.807) is 30.5 Å². The summed E-state index contributed by atoms with van der Waals surface area (Å²) in [6.45, 7) is 0. The summed E-state index contributed by atoms with van der Waals surface area (Å²) in [6, 6.07) is 11.9. The highest BCUT2D eigenvalue weighted by atomic mass is 35.5. The lowest BCUT2D eigenvalue weighted by Gasteiger charge is -2.04. The molecule has 4 aromatic rings. The monoisotopic (exact) mass is 339 g/mol. The molecule has 3 aromatic heterocycles. The second-order valence-electron chi connectivity index (χ2n) is 5.21. The quantitative estimate of drug-likeness (QED) is 0.445. The average Bonchev–Trinajstić information content (AvgIpc) is 2.96. The number of rotatable bonds is 2. The Kier molecular flexibility index (Phi) is 3.39. The molecule has 4 rings (SSSR count). The van der Waals surface area contributed by atoms with Gasteiger partial charge in [-0.25, -0.2) is 18.9 Å². The topological polar surface area (TPSA) is 69.1 Å². The van der Waals surface area contributed by atoms with Gasteiger partial charge in [-0.15, -0.1) is 0 Å². The molecule has 0 bridgehead atoms. The van der Waals surface area contributed by atoms with Crippen LogP contribution in [0.3, 0.4) is 0 Å². The maximum Gasteiger partial charge on any atom is 0.222 e. The second-order valence-corrected chi connectivity index (χ2v) is 5.55. The molecule has 0 atom stereocenters. The number of nitrogens with zero attached hydrogens (tertiary/aromatic N) is 4. The lowest BCUT2D eigenvalue weighted by molar-refractivity contribution is 0.630. The zero-order chi connectivity index (χ0) is 16.7. The molecule has 0 aliphatic carbocycles. The van der Waals surface area contributed by atoms with Crippen molar-refractivity contribution in [2.24, 2.45) is 0 Å². The number of aromatic nitrogens is 4. The van der Waals surface area contributed by atoms with Gasteiger partial charge in [0.05, 0.1) is 11.3 Å². The normalized spacial score (nSPS) is 11.1. The minimum atomic E-state index is -0.398. The smallest absolute Gasteiger partial charge is 0.222 e. The van der Waals surface area contributed by atoms with Gasteiger partial charge in [0, 0.05) is 23.6 Å². The van der Waals surface area contributed by atoms with E-state index in [-0.39, 0.29) is 5.28 Å². The van der Waals surface area contributed by atoms with Gasteiger partial charge < -0.3 is 5.73 Å². The van der Waals surface area contributed by atoms with E-state index in [0.717, 1.165) is 5.56 Å². The Morgan fingerprint density at radius 1 is 1.12 bits per heavy atom. The minimum Gasteiger partial charge on any atom is -0.399 e. The van der Waals surface area contributed by atoms with Gasteiger partial charge in [-0.3, -0.25) is 0 Å². The third-order valence-electron chi connectivity index (χ3n) is 3.65. The number of hydrogen-bond donors (Lipinski definition) is 1. The van der Waals surface area contributed by atoms with Crippen molar-refractivity contribution in [1.29, 1.82) is 0 Å². The van der Waals surface area contributed by atoms with Gasteiger partial charge in [-0.2, -0.15) is 5.10 Å².